The molecular formula is C10H17NO2. The Morgan fingerprint density at radius 1 is 1.38 bits per heavy atom. The summed E-state index contributed by atoms with van der Waals surface area (Å²) in [5.74, 6) is -0.280. The van der Waals surface area contributed by atoms with E-state index in [1.54, 1.807) is 0 Å². The predicted molar refractivity (Wildman–Crippen MR) is 51.1 cm³/mol. The molecule has 3 nitrogen and oxygen atoms in total. The summed E-state index contributed by atoms with van der Waals surface area (Å²) in [5, 5.41) is 0. The Hall–Kier alpha value is -0.830. The van der Waals surface area contributed by atoms with Gasteiger partial charge in [-0.3, -0.25) is 4.79 Å². The largest absolute Gasteiger partial charge is 0.469 e. The van der Waals surface area contributed by atoms with E-state index in [1.807, 2.05) is 0 Å². The first-order valence-corrected chi connectivity index (χ1v) is 4.74. The predicted octanol–water partition coefficient (Wildman–Crippen LogP) is 1.23. The van der Waals surface area contributed by atoms with E-state index in [9.17, 15) is 4.79 Å². The molecule has 0 radical (unpaired) electrons. The highest BCUT2D eigenvalue weighted by atomic mass is 16.5. The molecule has 1 aliphatic rings. The zero-order valence-electron chi connectivity index (χ0n) is 8.03. The fraction of sp³-hybridized carbons (Fsp3) is 0.700. The number of hydrogen-bond donors (Lipinski definition) is 1. The zero-order chi connectivity index (χ0) is 9.68. The molecule has 74 valence electrons. The second-order valence-electron chi connectivity index (χ2n) is 3.42. The third kappa shape index (κ3) is 2.84. The van der Waals surface area contributed by atoms with Crippen LogP contribution in [0.25, 0.3) is 0 Å². The lowest BCUT2D eigenvalue weighted by molar-refractivity contribution is -0.146. The third-order valence-electron chi connectivity index (χ3n) is 2.50. The summed E-state index contributed by atoms with van der Waals surface area (Å²) in [6.45, 7) is 0. The van der Waals surface area contributed by atoms with Crippen LogP contribution in [0.2, 0.25) is 0 Å². The molecule has 0 bridgehead atoms. The maximum atomic E-state index is 11.3. The van der Waals surface area contributed by atoms with Crippen molar-refractivity contribution in [3.05, 3.63) is 12.2 Å². The molecule has 0 fully saturated rings. The van der Waals surface area contributed by atoms with Gasteiger partial charge in [0.15, 0.2) is 0 Å². The van der Waals surface area contributed by atoms with Gasteiger partial charge in [-0.05, 0) is 25.7 Å². The number of rotatable bonds is 1. The van der Waals surface area contributed by atoms with Gasteiger partial charge in [0.2, 0.25) is 0 Å². The van der Waals surface area contributed by atoms with Gasteiger partial charge < -0.3 is 10.5 Å². The number of esters is 1. The third-order valence-corrected chi connectivity index (χ3v) is 2.50. The van der Waals surface area contributed by atoms with E-state index in [4.69, 9.17) is 10.5 Å². The van der Waals surface area contributed by atoms with Crippen LogP contribution in [0.4, 0.5) is 0 Å². The smallest absolute Gasteiger partial charge is 0.310 e. The molecule has 0 amide bonds. The van der Waals surface area contributed by atoms with E-state index < -0.39 is 0 Å². The number of ether oxygens (including phenoxy) is 1. The zero-order valence-corrected chi connectivity index (χ0v) is 8.03. The molecule has 0 heterocycles. The molecule has 3 heteroatoms. The number of methoxy groups -OCH3 is 1. The van der Waals surface area contributed by atoms with E-state index in [1.165, 1.54) is 7.11 Å². The number of carbonyl (C=O) groups excluding carboxylic acids is 1. The summed E-state index contributed by atoms with van der Waals surface area (Å²) in [5.41, 5.74) is 5.89. The second kappa shape index (κ2) is 5.02. The summed E-state index contributed by atoms with van der Waals surface area (Å²) in [6.07, 6.45) is 7.82. The van der Waals surface area contributed by atoms with Crippen LogP contribution in [0.3, 0.4) is 0 Å². The van der Waals surface area contributed by atoms with Crippen LogP contribution in [0.1, 0.15) is 25.7 Å². The van der Waals surface area contributed by atoms with E-state index in [-0.39, 0.29) is 17.9 Å². The van der Waals surface area contributed by atoms with Crippen LogP contribution < -0.4 is 5.73 Å². The molecule has 13 heavy (non-hydrogen) atoms. The fourth-order valence-electron chi connectivity index (χ4n) is 1.66. The van der Waals surface area contributed by atoms with Crippen molar-refractivity contribution in [2.45, 2.75) is 31.7 Å². The normalized spacial score (nSPS) is 31.5. The Labute approximate surface area is 78.9 Å². The highest BCUT2D eigenvalue weighted by Gasteiger charge is 2.25. The topological polar surface area (TPSA) is 52.3 Å². The first kappa shape index (κ1) is 10.3. The number of allylic oxidation sites excluding steroid dienone is 2. The van der Waals surface area contributed by atoms with Crippen LogP contribution in [0.5, 0.6) is 0 Å². The van der Waals surface area contributed by atoms with E-state index in [0.717, 1.165) is 25.7 Å². The van der Waals surface area contributed by atoms with Crippen molar-refractivity contribution in [3.8, 4) is 0 Å². The van der Waals surface area contributed by atoms with E-state index >= 15 is 0 Å². The highest BCUT2D eigenvalue weighted by Crippen LogP contribution is 2.18. The fourth-order valence-corrected chi connectivity index (χ4v) is 1.66. The molecule has 0 aromatic carbocycles. The number of carbonyl (C=O) groups is 1. The maximum Gasteiger partial charge on any atom is 0.310 e. The molecule has 0 saturated carbocycles. The maximum absolute atomic E-state index is 11.3. The first-order valence-electron chi connectivity index (χ1n) is 4.74. The van der Waals surface area contributed by atoms with Gasteiger partial charge in [0.25, 0.3) is 0 Å². The average molecular weight is 183 g/mol. The van der Waals surface area contributed by atoms with Gasteiger partial charge in [-0.15, -0.1) is 0 Å². The minimum Gasteiger partial charge on any atom is -0.469 e. The van der Waals surface area contributed by atoms with Gasteiger partial charge in [-0.1, -0.05) is 12.2 Å². The van der Waals surface area contributed by atoms with Crippen molar-refractivity contribution in [1.29, 1.82) is 0 Å². The summed E-state index contributed by atoms with van der Waals surface area (Å²) in [7, 11) is 1.42. The summed E-state index contributed by atoms with van der Waals surface area (Å²) >= 11 is 0. The van der Waals surface area contributed by atoms with Crippen LogP contribution >= 0.6 is 0 Å². The number of hydrogen-bond acceptors (Lipinski definition) is 3. The Balaban J connectivity index is 2.58. The minimum atomic E-state index is -0.164. The minimum absolute atomic E-state index is 0.0441. The Morgan fingerprint density at radius 3 is 2.62 bits per heavy atom. The van der Waals surface area contributed by atoms with Crippen molar-refractivity contribution < 1.29 is 9.53 Å². The quantitative estimate of drug-likeness (QED) is 0.491. The van der Waals surface area contributed by atoms with Crippen molar-refractivity contribution in [1.82, 2.24) is 0 Å². The van der Waals surface area contributed by atoms with Crippen LogP contribution in [-0.4, -0.2) is 19.1 Å². The molecule has 1 rings (SSSR count). The molecule has 0 aromatic heterocycles. The van der Waals surface area contributed by atoms with Crippen LogP contribution in [-0.2, 0) is 9.53 Å². The molecule has 2 atom stereocenters. The SMILES string of the molecule is COC(=O)C1CC/C=C\CC[C@@H]1N. The van der Waals surface area contributed by atoms with Crippen molar-refractivity contribution in [2.75, 3.05) is 7.11 Å². The molecule has 0 saturated heterocycles. The molecule has 2 N–H and O–H groups in total. The van der Waals surface area contributed by atoms with Gasteiger partial charge in [0.05, 0.1) is 13.0 Å². The van der Waals surface area contributed by atoms with Crippen LogP contribution in [0, 0.1) is 5.92 Å². The lowest BCUT2D eigenvalue weighted by atomic mass is 9.90. The lowest BCUT2D eigenvalue weighted by Crippen LogP contribution is -2.36. The Bertz CT molecular complexity index is 201. The van der Waals surface area contributed by atoms with Gasteiger partial charge in [-0.25, -0.2) is 0 Å². The van der Waals surface area contributed by atoms with Crippen molar-refractivity contribution >= 4 is 5.97 Å². The Kier molecular flexibility index (Phi) is 3.96. The van der Waals surface area contributed by atoms with E-state index in [2.05, 4.69) is 12.2 Å². The summed E-state index contributed by atoms with van der Waals surface area (Å²) < 4.78 is 4.71. The molecule has 0 aromatic rings. The summed E-state index contributed by atoms with van der Waals surface area (Å²) in [6, 6.07) is -0.0441. The Morgan fingerprint density at radius 2 is 2.00 bits per heavy atom. The monoisotopic (exact) mass is 183 g/mol. The second-order valence-corrected chi connectivity index (χ2v) is 3.42. The highest BCUT2D eigenvalue weighted by molar-refractivity contribution is 5.73. The van der Waals surface area contributed by atoms with Gasteiger partial charge >= 0.3 is 5.97 Å². The number of nitrogens with two attached hydrogens (primary N) is 1. The molecule has 1 unspecified atom stereocenters. The average Bonchev–Trinajstić information content (AvgIpc) is 2.11. The van der Waals surface area contributed by atoms with Gasteiger partial charge in [0.1, 0.15) is 0 Å². The molecule has 1 aliphatic carbocycles. The van der Waals surface area contributed by atoms with Crippen molar-refractivity contribution in [3.63, 3.8) is 0 Å². The van der Waals surface area contributed by atoms with E-state index in [0.29, 0.717) is 0 Å². The van der Waals surface area contributed by atoms with Gasteiger partial charge in [-0.2, -0.15) is 0 Å². The lowest BCUT2D eigenvalue weighted by Gasteiger charge is -2.21. The molecule has 0 aliphatic heterocycles. The van der Waals surface area contributed by atoms with Crippen LogP contribution in [0.15, 0.2) is 12.2 Å². The van der Waals surface area contributed by atoms with Crippen molar-refractivity contribution in [2.24, 2.45) is 11.7 Å². The molecule has 0 spiro atoms. The first-order chi connectivity index (χ1) is 6.25. The standard InChI is InChI=1S/C10H17NO2/c1-13-10(12)8-6-4-2-3-5-7-9(8)11/h2-3,8-9H,4-7,11H2,1H3/b3-2-/t8?,9-/m0/s1. The molecular weight excluding hydrogens is 166 g/mol. The van der Waals surface area contributed by atoms with Gasteiger partial charge in [0, 0.05) is 6.04 Å². The summed E-state index contributed by atoms with van der Waals surface area (Å²) in [4.78, 5) is 11.3.